The molecule has 1 saturated heterocycles. The number of rotatable bonds is 4. The van der Waals surface area contributed by atoms with E-state index in [9.17, 15) is 4.79 Å². The number of hydrogen-bond donors (Lipinski definition) is 0. The highest BCUT2D eigenvalue weighted by Crippen LogP contribution is 2.25. The Hall–Kier alpha value is -2.89. The summed E-state index contributed by atoms with van der Waals surface area (Å²) in [4.78, 5) is 15.3. The van der Waals surface area contributed by atoms with Crippen LogP contribution in [0.4, 0.5) is 0 Å². The highest BCUT2D eigenvalue weighted by molar-refractivity contribution is 5.97. The summed E-state index contributed by atoms with van der Waals surface area (Å²) in [5.41, 5.74) is 3.37. The Labute approximate surface area is 153 Å². The van der Waals surface area contributed by atoms with Gasteiger partial charge >= 0.3 is 0 Å². The van der Waals surface area contributed by atoms with Crippen molar-refractivity contribution in [1.29, 1.82) is 0 Å². The minimum Gasteiger partial charge on any atom is -0.334 e. The fraction of sp³-hybridized carbons (Fsp3) is 0.350. The van der Waals surface area contributed by atoms with Crippen molar-refractivity contribution in [1.82, 2.24) is 24.5 Å². The zero-order valence-corrected chi connectivity index (χ0v) is 15.2. The monoisotopic (exact) mass is 349 g/mol. The second-order valence-corrected chi connectivity index (χ2v) is 6.82. The number of aryl methyl sites for hydroxylation is 1. The molecule has 0 spiro atoms. The van der Waals surface area contributed by atoms with Crippen molar-refractivity contribution < 1.29 is 4.79 Å². The van der Waals surface area contributed by atoms with Gasteiger partial charge in [-0.2, -0.15) is 10.2 Å². The van der Waals surface area contributed by atoms with E-state index in [0.29, 0.717) is 0 Å². The quantitative estimate of drug-likeness (QED) is 0.728. The first-order valence-electron chi connectivity index (χ1n) is 9.05. The third-order valence-corrected chi connectivity index (χ3v) is 5.10. The number of carbonyl (C=O) groups is 1. The lowest BCUT2D eigenvalue weighted by Crippen LogP contribution is -2.38. The minimum absolute atomic E-state index is 0.0804. The molecule has 0 aliphatic carbocycles. The number of benzene rings is 1. The molecule has 3 heterocycles. The summed E-state index contributed by atoms with van der Waals surface area (Å²) < 4.78 is 3.77. The van der Waals surface area contributed by atoms with Gasteiger partial charge in [-0.25, -0.2) is 4.68 Å². The zero-order valence-electron chi connectivity index (χ0n) is 15.2. The molecular formula is C20H23N5O. The fourth-order valence-corrected chi connectivity index (χ4v) is 3.83. The highest BCUT2D eigenvalue weighted by atomic mass is 16.2. The normalized spacial score (nSPS) is 17.0. The van der Waals surface area contributed by atoms with Crippen LogP contribution in [-0.2, 0) is 6.54 Å². The summed E-state index contributed by atoms with van der Waals surface area (Å²) in [5.74, 6) is 0.0804. The standard InChI is InChI=1S/C20H23N5O/c1-15-19(16(2)25(22-15)17-8-4-3-5-9-17)20(26)24-13-6-10-18(24)14-23-12-7-11-21-23/h3-5,7-9,11-12,18H,6,10,13-14H2,1-2H3/t18-/m0/s1. The van der Waals surface area contributed by atoms with Crippen LogP contribution in [0.1, 0.15) is 34.6 Å². The van der Waals surface area contributed by atoms with E-state index >= 15 is 0 Å². The second kappa shape index (κ2) is 6.78. The van der Waals surface area contributed by atoms with Gasteiger partial charge in [0.15, 0.2) is 0 Å². The summed E-state index contributed by atoms with van der Waals surface area (Å²) in [6, 6.07) is 12.0. The molecule has 6 nitrogen and oxygen atoms in total. The molecule has 0 saturated carbocycles. The van der Waals surface area contributed by atoms with Crippen LogP contribution in [0.15, 0.2) is 48.8 Å². The summed E-state index contributed by atoms with van der Waals surface area (Å²) in [6.07, 6.45) is 5.77. The molecule has 134 valence electrons. The van der Waals surface area contributed by atoms with Gasteiger partial charge in [0.05, 0.1) is 35.2 Å². The molecule has 3 aromatic rings. The number of para-hydroxylation sites is 1. The Morgan fingerprint density at radius 2 is 2.00 bits per heavy atom. The average molecular weight is 349 g/mol. The van der Waals surface area contributed by atoms with Crippen LogP contribution in [0.3, 0.4) is 0 Å². The molecule has 6 heteroatoms. The van der Waals surface area contributed by atoms with E-state index in [1.54, 1.807) is 6.20 Å². The summed E-state index contributed by atoms with van der Waals surface area (Å²) in [5, 5.41) is 8.91. The first kappa shape index (κ1) is 16.6. The number of aromatic nitrogens is 4. The average Bonchev–Trinajstić information content (AvgIpc) is 3.37. The number of amides is 1. The third-order valence-electron chi connectivity index (χ3n) is 5.10. The van der Waals surface area contributed by atoms with Gasteiger partial charge in [0.1, 0.15) is 0 Å². The minimum atomic E-state index is 0.0804. The van der Waals surface area contributed by atoms with Crippen LogP contribution in [0.5, 0.6) is 0 Å². The lowest BCUT2D eigenvalue weighted by Gasteiger charge is -2.25. The molecule has 26 heavy (non-hydrogen) atoms. The predicted molar refractivity (Wildman–Crippen MR) is 99.3 cm³/mol. The summed E-state index contributed by atoms with van der Waals surface area (Å²) >= 11 is 0. The van der Waals surface area contributed by atoms with Crippen LogP contribution in [-0.4, -0.2) is 43.0 Å². The maximum Gasteiger partial charge on any atom is 0.257 e. The topological polar surface area (TPSA) is 56.0 Å². The molecule has 1 aliphatic rings. The molecule has 0 unspecified atom stereocenters. The number of carbonyl (C=O) groups excluding carboxylic acids is 1. The first-order chi connectivity index (χ1) is 12.6. The Bertz CT molecular complexity index is 898. The van der Waals surface area contributed by atoms with Gasteiger partial charge in [0.2, 0.25) is 0 Å². The Morgan fingerprint density at radius 1 is 1.19 bits per heavy atom. The van der Waals surface area contributed by atoms with Crippen molar-refractivity contribution >= 4 is 5.91 Å². The van der Waals surface area contributed by atoms with Gasteiger partial charge in [0.25, 0.3) is 5.91 Å². The molecule has 1 aliphatic heterocycles. The van der Waals surface area contributed by atoms with E-state index in [-0.39, 0.29) is 11.9 Å². The number of likely N-dealkylation sites (tertiary alicyclic amines) is 1. The van der Waals surface area contributed by atoms with Gasteiger partial charge in [-0.05, 0) is 44.9 Å². The third kappa shape index (κ3) is 2.92. The van der Waals surface area contributed by atoms with E-state index in [0.717, 1.165) is 48.6 Å². The predicted octanol–water partition coefficient (Wildman–Crippen LogP) is 2.99. The molecule has 1 atom stereocenters. The van der Waals surface area contributed by atoms with Crippen LogP contribution in [0.2, 0.25) is 0 Å². The first-order valence-corrected chi connectivity index (χ1v) is 9.05. The van der Waals surface area contributed by atoms with Gasteiger partial charge in [-0.3, -0.25) is 9.48 Å². The van der Waals surface area contributed by atoms with E-state index in [1.807, 2.05) is 70.7 Å². The summed E-state index contributed by atoms with van der Waals surface area (Å²) in [6.45, 7) is 5.42. The molecule has 0 N–H and O–H groups in total. The maximum atomic E-state index is 13.3. The van der Waals surface area contributed by atoms with E-state index in [2.05, 4.69) is 10.2 Å². The van der Waals surface area contributed by atoms with E-state index in [1.165, 1.54) is 0 Å². The molecule has 0 bridgehead atoms. The lowest BCUT2D eigenvalue weighted by atomic mass is 10.1. The maximum absolute atomic E-state index is 13.3. The Balaban J connectivity index is 1.63. The van der Waals surface area contributed by atoms with Gasteiger partial charge < -0.3 is 4.90 Å². The second-order valence-electron chi connectivity index (χ2n) is 6.82. The van der Waals surface area contributed by atoms with Crippen molar-refractivity contribution in [3.8, 4) is 5.69 Å². The Morgan fingerprint density at radius 3 is 2.73 bits per heavy atom. The summed E-state index contributed by atoms with van der Waals surface area (Å²) in [7, 11) is 0. The van der Waals surface area contributed by atoms with Crippen molar-refractivity contribution in [3.63, 3.8) is 0 Å². The smallest absolute Gasteiger partial charge is 0.257 e. The van der Waals surface area contributed by atoms with Gasteiger partial charge in [-0.15, -0.1) is 0 Å². The molecule has 4 rings (SSSR count). The number of hydrogen-bond acceptors (Lipinski definition) is 3. The molecule has 1 fully saturated rings. The lowest BCUT2D eigenvalue weighted by molar-refractivity contribution is 0.0720. The highest BCUT2D eigenvalue weighted by Gasteiger charge is 2.32. The van der Waals surface area contributed by atoms with Crippen molar-refractivity contribution in [3.05, 3.63) is 65.7 Å². The van der Waals surface area contributed by atoms with Crippen LogP contribution < -0.4 is 0 Å². The largest absolute Gasteiger partial charge is 0.334 e. The molecule has 1 aromatic carbocycles. The molecule has 1 amide bonds. The Kier molecular flexibility index (Phi) is 4.32. The molecule has 2 aromatic heterocycles. The van der Waals surface area contributed by atoms with Crippen molar-refractivity contribution in [2.24, 2.45) is 0 Å². The van der Waals surface area contributed by atoms with Crippen molar-refractivity contribution in [2.75, 3.05) is 6.54 Å². The van der Waals surface area contributed by atoms with Crippen molar-refractivity contribution in [2.45, 2.75) is 39.3 Å². The van der Waals surface area contributed by atoms with Gasteiger partial charge in [-0.1, -0.05) is 18.2 Å². The van der Waals surface area contributed by atoms with Crippen LogP contribution in [0.25, 0.3) is 5.69 Å². The molecule has 0 radical (unpaired) electrons. The van der Waals surface area contributed by atoms with E-state index in [4.69, 9.17) is 0 Å². The molecular weight excluding hydrogens is 326 g/mol. The van der Waals surface area contributed by atoms with Crippen LogP contribution in [0, 0.1) is 13.8 Å². The van der Waals surface area contributed by atoms with Gasteiger partial charge in [0, 0.05) is 18.9 Å². The fourth-order valence-electron chi connectivity index (χ4n) is 3.83. The SMILES string of the molecule is Cc1nn(-c2ccccc2)c(C)c1C(=O)N1CCC[C@H]1Cn1cccn1. The number of nitrogens with zero attached hydrogens (tertiary/aromatic N) is 5. The van der Waals surface area contributed by atoms with E-state index < -0.39 is 0 Å². The zero-order chi connectivity index (χ0) is 18.1. The van der Waals surface area contributed by atoms with Crippen LogP contribution >= 0.6 is 0 Å².